The van der Waals surface area contributed by atoms with Gasteiger partial charge >= 0.3 is 0 Å². The summed E-state index contributed by atoms with van der Waals surface area (Å²) in [5, 5.41) is 9.44. The minimum absolute atomic E-state index is 0.283. The number of rotatable bonds is 2. The summed E-state index contributed by atoms with van der Waals surface area (Å²) in [6, 6.07) is 9.60. The fraction of sp³-hybridized carbons (Fsp3) is 0.538. The molecule has 3 rings (SSSR count). The lowest BCUT2D eigenvalue weighted by Gasteiger charge is -2.40. The lowest BCUT2D eigenvalue weighted by Crippen LogP contribution is -2.46. The lowest BCUT2D eigenvalue weighted by molar-refractivity contribution is 0.243. The van der Waals surface area contributed by atoms with Crippen LogP contribution in [-0.4, -0.2) is 23.8 Å². The molecule has 1 fully saturated rings. The maximum atomic E-state index is 9.44. The minimum atomic E-state index is 0.283. The zero-order chi connectivity index (χ0) is 10.3. The molecule has 1 aromatic rings. The van der Waals surface area contributed by atoms with E-state index in [1.165, 1.54) is 30.5 Å². The highest BCUT2D eigenvalue weighted by Crippen LogP contribution is 2.38. The van der Waals surface area contributed by atoms with Crippen LogP contribution >= 0.6 is 0 Å². The first-order valence-corrected chi connectivity index (χ1v) is 5.87. The fourth-order valence-electron chi connectivity index (χ4n) is 2.80. The summed E-state index contributed by atoms with van der Waals surface area (Å²) in [6.45, 7) is 0.283. The first-order chi connectivity index (χ1) is 7.40. The molecule has 1 aromatic carbocycles. The maximum Gasteiger partial charge on any atom is 0.0638 e. The summed E-state index contributed by atoms with van der Waals surface area (Å²) in [5.41, 5.74) is 2.77. The largest absolute Gasteiger partial charge is 0.394 e. The van der Waals surface area contributed by atoms with Gasteiger partial charge in [0.15, 0.2) is 0 Å². The second kappa shape index (κ2) is 3.53. The molecule has 80 valence electrons. The number of fused-ring (bicyclic) bond motifs is 1. The predicted octanol–water partition coefficient (Wildman–Crippen LogP) is 1.96. The van der Waals surface area contributed by atoms with Gasteiger partial charge in [0.1, 0.15) is 0 Å². The zero-order valence-electron chi connectivity index (χ0n) is 8.89. The molecule has 0 bridgehead atoms. The second-order valence-electron chi connectivity index (χ2n) is 4.66. The normalized spacial score (nSPS) is 25.1. The second-order valence-corrected chi connectivity index (χ2v) is 4.66. The first-order valence-electron chi connectivity index (χ1n) is 5.87. The summed E-state index contributed by atoms with van der Waals surface area (Å²) in [4.78, 5) is 2.46. The Kier molecular flexibility index (Phi) is 2.17. The van der Waals surface area contributed by atoms with Gasteiger partial charge < -0.3 is 10.0 Å². The van der Waals surface area contributed by atoms with Crippen LogP contribution < -0.4 is 4.90 Å². The van der Waals surface area contributed by atoms with Crippen LogP contribution in [0.25, 0.3) is 0 Å². The number of aliphatic hydroxyl groups is 1. The molecule has 2 heteroatoms. The Bertz CT molecular complexity index is 359. The molecule has 1 N–H and O–H groups in total. The average Bonchev–Trinajstić information content (AvgIpc) is 2.55. The molecule has 1 unspecified atom stereocenters. The molecule has 1 heterocycles. The van der Waals surface area contributed by atoms with E-state index >= 15 is 0 Å². The van der Waals surface area contributed by atoms with Crippen molar-refractivity contribution in [3.05, 3.63) is 29.8 Å². The van der Waals surface area contributed by atoms with Crippen LogP contribution in [0.15, 0.2) is 24.3 Å². The highest BCUT2D eigenvalue weighted by Gasteiger charge is 2.35. The SMILES string of the molecule is OCC1Cc2ccccc2N1C1CCC1. The van der Waals surface area contributed by atoms with E-state index in [9.17, 15) is 5.11 Å². The van der Waals surface area contributed by atoms with Crippen molar-refractivity contribution >= 4 is 5.69 Å². The topological polar surface area (TPSA) is 23.5 Å². The van der Waals surface area contributed by atoms with Crippen molar-refractivity contribution < 1.29 is 5.11 Å². The van der Waals surface area contributed by atoms with Crippen LogP contribution in [0.3, 0.4) is 0 Å². The van der Waals surface area contributed by atoms with Gasteiger partial charge in [0.05, 0.1) is 12.6 Å². The van der Waals surface area contributed by atoms with E-state index in [0.717, 1.165) is 6.42 Å². The molecule has 0 spiro atoms. The number of anilines is 1. The molecule has 0 amide bonds. The molecule has 1 aliphatic heterocycles. The van der Waals surface area contributed by atoms with Crippen LogP contribution in [0, 0.1) is 0 Å². The summed E-state index contributed by atoms with van der Waals surface area (Å²) in [6.07, 6.45) is 4.96. The van der Waals surface area contributed by atoms with Gasteiger partial charge in [0.25, 0.3) is 0 Å². The number of nitrogens with zero attached hydrogens (tertiary/aromatic N) is 1. The van der Waals surface area contributed by atoms with Crippen molar-refractivity contribution in [3.8, 4) is 0 Å². The van der Waals surface area contributed by atoms with Crippen LogP contribution in [-0.2, 0) is 6.42 Å². The molecular weight excluding hydrogens is 186 g/mol. The third-order valence-electron chi connectivity index (χ3n) is 3.80. The molecule has 0 aromatic heterocycles. The van der Waals surface area contributed by atoms with Crippen molar-refractivity contribution in [2.45, 2.75) is 37.8 Å². The van der Waals surface area contributed by atoms with Crippen LogP contribution in [0.2, 0.25) is 0 Å². The van der Waals surface area contributed by atoms with Crippen LogP contribution in [0.5, 0.6) is 0 Å². The van der Waals surface area contributed by atoms with Gasteiger partial charge in [-0.05, 0) is 37.3 Å². The van der Waals surface area contributed by atoms with Crippen molar-refractivity contribution in [1.29, 1.82) is 0 Å². The highest BCUT2D eigenvalue weighted by molar-refractivity contribution is 5.60. The fourth-order valence-corrected chi connectivity index (χ4v) is 2.80. The Morgan fingerprint density at radius 3 is 2.73 bits per heavy atom. The Balaban J connectivity index is 1.95. The van der Waals surface area contributed by atoms with E-state index in [4.69, 9.17) is 0 Å². The number of aliphatic hydroxyl groups excluding tert-OH is 1. The summed E-state index contributed by atoms with van der Waals surface area (Å²) >= 11 is 0. The molecule has 1 atom stereocenters. The number of benzene rings is 1. The number of para-hydroxylation sites is 1. The standard InChI is InChI=1S/C13H17NO/c15-9-12-8-10-4-1-2-7-13(10)14(12)11-5-3-6-11/h1-2,4,7,11-12,15H,3,5-6,8-9H2. The molecule has 15 heavy (non-hydrogen) atoms. The Labute approximate surface area is 90.5 Å². The average molecular weight is 203 g/mol. The maximum absolute atomic E-state index is 9.44. The van der Waals surface area contributed by atoms with Gasteiger partial charge in [0, 0.05) is 11.7 Å². The van der Waals surface area contributed by atoms with Gasteiger partial charge in [0.2, 0.25) is 0 Å². The number of hydrogen-bond donors (Lipinski definition) is 1. The van der Waals surface area contributed by atoms with Crippen LogP contribution in [0.4, 0.5) is 5.69 Å². The molecular formula is C13H17NO. The zero-order valence-corrected chi connectivity index (χ0v) is 8.89. The van der Waals surface area contributed by atoms with Crippen molar-refractivity contribution in [2.24, 2.45) is 0 Å². The van der Waals surface area contributed by atoms with E-state index in [1.807, 2.05) is 0 Å². The van der Waals surface area contributed by atoms with Crippen molar-refractivity contribution in [3.63, 3.8) is 0 Å². The van der Waals surface area contributed by atoms with Gasteiger partial charge in [-0.25, -0.2) is 0 Å². The minimum Gasteiger partial charge on any atom is -0.394 e. The smallest absolute Gasteiger partial charge is 0.0638 e. The Hall–Kier alpha value is -1.02. The van der Waals surface area contributed by atoms with Gasteiger partial charge in [-0.15, -0.1) is 0 Å². The van der Waals surface area contributed by atoms with E-state index < -0.39 is 0 Å². The lowest BCUT2D eigenvalue weighted by atomic mass is 9.90. The van der Waals surface area contributed by atoms with Crippen molar-refractivity contribution in [2.75, 3.05) is 11.5 Å². The van der Waals surface area contributed by atoms with E-state index in [-0.39, 0.29) is 6.61 Å². The summed E-state index contributed by atoms with van der Waals surface area (Å²) in [5.74, 6) is 0. The van der Waals surface area contributed by atoms with Crippen molar-refractivity contribution in [1.82, 2.24) is 0 Å². The Morgan fingerprint density at radius 1 is 1.27 bits per heavy atom. The van der Waals surface area contributed by atoms with Gasteiger partial charge in [-0.2, -0.15) is 0 Å². The number of hydrogen-bond acceptors (Lipinski definition) is 2. The Morgan fingerprint density at radius 2 is 2.07 bits per heavy atom. The molecule has 1 saturated carbocycles. The summed E-state index contributed by atoms with van der Waals surface area (Å²) < 4.78 is 0. The summed E-state index contributed by atoms with van der Waals surface area (Å²) in [7, 11) is 0. The van der Waals surface area contributed by atoms with Crippen LogP contribution in [0.1, 0.15) is 24.8 Å². The molecule has 2 nitrogen and oxygen atoms in total. The quantitative estimate of drug-likeness (QED) is 0.794. The monoisotopic (exact) mass is 203 g/mol. The van der Waals surface area contributed by atoms with Gasteiger partial charge in [-0.1, -0.05) is 18.2 Å². The molecule has 0 radical (unpaired) electrons. The van der Waals surface area contributed by atoms with E-state index in [2.05, 4.69) is 29.2 Å². The third kappa shape index (κ3) is 1.36. The van der Waals surface area contributed by atoms with Gasteiger partial charge in [-0.3, -0.25) is 0 Å². The molecule has 2 aliphatic rings. The highest BCUT2D eigenvalue weighted by atomic mass is 16.3. The molecule has 1 aliphatic carbocycles. The van der Waals surface area contributed by atoms with E-state index in [1.54, 1.807) is 0 Å². The van der Waals surface area contributed by atoms with E-state index in [0.29, 0.717) is 12.1 Å². The molecule has 0 saturated heterocycles. The predicted molar refractivity (Wildman–Crippen MR) is 61.1 cm³/mol. The first kappa shape index (κ1) is 9.22. The third-order valence-corrected chi connectivity index (χ3v) is 3.80.